The van der Waals surface area contributed by atoms with Crippen LogP contribution in [0.25, 0.3) is 0 Å². The molecule has 0 unspecified atom stereocenters. The summed E-state index contributed by atoms with van der Waals surface area (Å²) in [5.74, 6) is 0. The van der Waals surface area contributed by atoms with Gasteiger partial charge in [0.25, 0.3) is 0 Å². The van der Waals surface area contributed by atoms with Gasteiger partial charge >= 0.3 is 0 Å². The highest BCUT2D eigenvalue weighted by atomic mass is 35.5. The molecule has 1 rings (SSSR count). The fourth-order valence-corrected chi connectivity index (χ4v) is 1.31. The molecule has 0 aliphatic heterocycles. The van der Waals surface area contributed by atoms with Gasteiger partial charge in [0.1, 0.15) is 6.07 Å². The molecule has 0 N–H and O–H groups in total. The topological polar surface area (TPSA) is 23.8 Å². The number of halogens is 1. The molecule has 40 valence electrons. The summed E-state index contributed by atoms with van der Waals surface area (Å²) in [6.45, 7) is 0. The molecule has 1 aromatic heterocycles. The maximum absolute atomic E-state index is 8.28. The van der Waals surface area contributed by atoms with Crippen LogP contribution in [-0.4, -0.2) is 0 Å². The van der Waals surface area contributed by atoms with E-state index in [1.165, 1.54) is 11.3 Å². The summed E-state index contributed by atoms with van der Waals surface area (Å²) in [5.41, 5.74) is 0.566. The van der Waals surface area contributed by atoms with Crippen LogP contribution in [0.2, 0.25) is 5.02 Å². The molecule has 0 radical (unpaired) electrons. The van der Waals surface area contributed by atoms with Crippen LogP contribution in [-0.2, 0) is 0 Å². The first kappa shape index (κ1) is 5.61. The van der Waals surface area contributed by atoms with E-state index in [-0.39, 0.29) is 0 Å². The van der Waals surface area contributed by atoms with Crippen LogP contribution in [0.4, 0.5) is 0 Å². The third-order valence-corrected chi connectivity index (χ3v) is 1.92. The molecule has 0 spiro atoms. The van der Waals surface area contributed by atoms with E-state index in [4.69, 9.17) is 16.9 Å². The second-order valence-electron chi connectivity index (χ2n) is 1.25. The van der Waals surface area contributed by atoms with Crippen molar-refractivity contribution in [1.29, 1.82) is 5.26 Å². The van der Waals surface area contributed by atoms with E-state index in [0.29, 0.717) is 10.6 Å². The lowest BCUT2D eigenvalue weighted by molar-refractivity contribution is 1.51. The SMILES string of the molecule is N#Cc1cscc1Cl. The van der Waals surface area contributed by atoms with Gasteiger partial charge in [0.2, 0.25) is 0 Å². The van der Waals surface area contributed by atoms with Gasteiger partial charge in [0.15, 0.2) is 0 Å². The summed E-state index contributed by atoms with van der Waals surface area (Å²) in [7, 11) is 0. The Bertz CT molecular complexity index is 223. The highest BCUT2D eigenvalue weighted by Crippen LogP contribution is 2.18. The standard InChI is InChI=1S/C5H2ClNS/c6-5-3-8-2-4(5)1-7/h2-3H. The molecular weight excluding hydrogens is 142 g/mol. The summed E-state index contributed by atoms with van der Waals surface area (Å²) in [6.07, 6.45) is 0. The minimum Gasteiger partial charge on any atom is -0.192 e. The quantitative estimate of drug-likeness (QED) is 0.547. The molecule has 0 aliphatic rings. The largest absolute Gasteiger partial charge is 0.192 e. The average Bonchev–Trinajstić information content (AvgIpc) is 2.14. The molecule has 0 aromatic carbocycles. The van der Waals surface area contributed by atoms with Gasteiger partial charge in [-0.2, -0.15) is 5.26 Å². The second kappa shape index (κ2) is 2.17. The number of thiophene rings is 1. The zero-order valence-electron chi connectivity index (χ0n) is 3.89. The van der Waals surface area contributed by atoms with Crippen LogP contribution < -0.4 is 0 Å². The Kier molecular flexibility index (Phi) is 1.52. The minimum atomic E-state index is 0.553. The van der Waals surface area contributed by atoms with Crippen LogP contribution >= 0.6 is 22.9 Å². The van der Waals surface area contributed by atoms with Gasteiger partial charge < -0.3 is 0 Å². The first-order valence-corrected chi connectivity index (χ1v) is 3.28. The summed E-state index contributed by atoms with van der Waals surface area (Å²) in [6, 6.07) is 1.95. The fourth-order valence-electron chi connectivity index (χ4n) is 0.361. The monoisotopic (exact) mass is 143 g/mol. The van der Waals surface area contributed by atoms with Crippen molar-refractivity contribution >= 4 is 22.9 Å². The summed E-state index contributed by atoms with van der Waals surface area (Å²) < 4.78 is 0. The van der Waals surface area contributed by atoms with Gasteiger partial charge in [-0.3, -0.25) is 0 Å². The van der Waals surface area contributed by atoms with Crippen LogP contribution in [0.5, 0.6) is 0 Å². The maximum atomic E-state index is 8.28. The fraction of sp³-hybridized carbons (Fsp3) is 0. The van der Waals surface area contributed by atoms with Gasteiger partial charge in [0, 0.05) is 10.8 Å². The van der Waals surface area contributed by atoms with Crippen molar-refractivity contribution in [2.75, 3.05) is 0 Å². The average molecular weight is 144 g/mol. The van der Waals surface area contributed by atoms with Crippen LogP contribution in [0.3, 0.4) is 0 Å². The number of hydrogen-bond acceptors (Lipinski definition) is 2. The summed E-state index contributed by atoms with van der Waals surface area (Å²) in [5, 5.41) is 12.3. The maximum Gasteiger partial charge on any atom is 0.102 e. The van der Waals surface area contributed by atoms with Crippen molar-refractivity contribution < 1.29 is 0 Å². The Morgan fingerprint density at radius 2 is 2.38 bits per heavy atom. The Balaban J connectivity index is 3.15. The van der Waals surface area contributed by atoms with E-state index in [2.05, 4.69) is 0 Å². The van der Waals surface area contributed by atoms with Crippen molar-refractivity contribution in [2.45, 2.75) is 0 Å². The highest BCUT2D eigenvalue weighted by molar-refractivity contribution is 7.08. The zero-order valence-corrected chi connectivity index (χ0v) is 5.46. The van der Waals surface area contributed by atoms with Crippen LogP contribution in [0, 0.1) is 11.3 Å². The molecule has 0 amide bonds. The zero-order chi connectivity index (χ0) is 5.98. The van der Waals surface area contributed by atoms with Gasteiger partial charge in [-0.05, 0) is 0 Å². The molecule has 1 nitrogen and oxygen atoms in total. The first-order valence-electron chi connectivity index (χ1n) is 1.96. The van der Waals surface area contributed by atoms with Gasteiger partial charge in [-0.25, -0.2) is 0 Å². The van der Waals surface area contributed by atoms with Crippen LogP contribution in [0.1, 0.15) is 5.56 Å². The molecular formula is C5H2ClNS. The van der Waals surface area contributed by atoms with E-state index >= 15 is 0 Å². The smallest absolute Gasteiger partial charge is 0.102 e. The normalized spacial score (nSPS) is 8.50. The lowest BCUT2D eigenvalue weighted by Crippen LogP contribution is -1.60. The number of hydrogen-bond donors (Lipinski definition) is 0. The first-order chi connectivity index (χ1) is 3.84. The van der Waals surface area contributed by atoms with E-state index in [9.17, 15) is 0 Å². The predicted molar refractivity (Wildman–Crippen MR) is 34.0 cm³/mol. The molecule has 0 fully saturated rings. The summed E-state index contributed by atoms with van der Waals surface area (Å²) in [4.78, 5) is 0. The molecule has 0 atom stereocenters. The van der Waals surface area contributed by atoms with Gasteiger partial charge in [-0.15, -0.1) is 11.3 Å². The lowest BCUT2D eigenvalue weighted by Gasteiger charge is -1.73. The van der Waals surface area contributed by atoms with Gasteiger partial charge in [-0.1, -0.05) is 11.6 Å². The molecule has 0 saturated carbocycles. The van der Waals surface area contributed by atoms with Crippen molar-refractivity contribution in [1.82, 2.24) is 0 Å². The van der Waals surface area contributed by atoms with Crippen molar-refractivity contribution in [3.63, 3.8) is 0 Å². The van der Waals surface area contributed by atoms with E-state index in [0.717, 1.165) is 0 Å². The minimum absolute atomic E-state index is 0.553. The number of rotatable bonds is 0. The van der Waals surface area contributed by atoms with Crippen LogP contribution in [0.15, 0.2) is 10.8 Å². The Morgan fingerprint density at radius 1 is 1.62 bits per heavy atom. The Labute approximate surface area is 56.1 Å². The molecule has 8 heavy (non-hydrogen) atoms. The van der Waals surface area contributed by atoms with Crippen molar-refractivity contribution in [2.24, 2.45) is 0 Å². The molecule has 1 heterocycles. The lowest BCUT2D eigenvalue weighted by atomic mass is 10.4. The Hall–Kier alpha value is -0.520. The number of nitriles is 1. The summed E-state index contributed by atoms with van der Waals surface area (Å²) >= 11 is 6.96. The molecule has 0 bridgehead atoms. The van der Waals surface area contributed by atoms with E-state index in [1.807, 2.05) is 6.07 Å². The Morgan fingerprint density at radius 3 is 2.62 bits per heavy atom. The highest BCUT2D eigenvalue weighted by Gasteiger charge is 1.95. The third-order valence-electron chi connectivity index (χ3n) is 0.735. The third kappa shape index (κ3) is 0.835. The van der Waals surface area contributed by atoms with E-state index in [1.54, 1.807) is 10.8 Å². The van der Waals surface area contributed by atoms with E-state index < -0.39 is 0 Å². The molecule has 0 saturated heterocycles. The molecule has 1 aromatic rings. The molecule has 0 aliphatic carbocycles. The predicted octanol–water partition coefficient (Wildman–Crippen LogP) is 2.27. The second-order valence-corrected chi connectivity index (χ2v) is 2.40. The molecule has 3 heteroatoms. The number of nitrogens with zero attached hydrogens (tertiary/aromatic N) is 1. The van der Waals surface area contributed by atoms with Crippen molar-refractivity contribution in [3.05, 3.63) is 21.3 Å². The van der Waals surface area contributed by atoms with Gasteiger partial charge in [0.05, 0.1) is 10.6 Å². The van der Waals surface area contributed by atoms with Crippen molar-refractivity contribution in [3.8, 4) is 6.07 Å².